The normalized spacial score (nSPS) is 11.4. The number of ether oxygens (including phenoxy) is 1. The first-order valence-electron chi connectivity index (χ1n) is 11.6. The first-order chi connectivity index (χ1) is 17.5. The molecule has 1 heterocycles. The number of primary sulfonamides is 1. The van der Waals surface area contributed by atoms with Crippen LogP contribution in [0.1, 0.15) is 23.0 Å². The Kier molecular flexibility index (Phi) is 7.45. The van der Waals surface area contributed by atoms with E-state index in [-0.39, 0.29) is 11.5 Å². The van der Waals surface area contributed by atoms with E-state index in [1.54, 1.807) is 31.2 Å². The minimum absolute atomic E-state index is 0.00127. The fourth-order valence-electron chi connectivity index (χ4n) is 4.35. The van der Waals surface area contributed by atoms with Gasteiger partial charge in [-0.25, -0.2) is 18.4 Å². The molecule has 0 aliphatic carbocycles. The molecule has 7 nitrogen and oxygen atoms in total. The van der Waals surface area contributed by atoms with E-state index in [4.69, 9.17) is 21.5 Å². The zero-order chi connectivity index (χ0) is 26.9. The maximum atomic E-state index is 13.4. The second-order valence-electron chi connectivity index (χ2n) is 8.73. The second kappa shape index (κ2) is 10.4. The Hall–Kier alpha value is -3.59. The van der Waals surface area contributed by atoms with E-state index in [0.717, 1.165) is 22.5 Å². The molecule has 3 aromatic carbocycles. The van der Waals surface area contributed by atoms with Gasteiger partial charge in [0.15, 0.2) is 0 Å². The zero-order valence-corrected chi connectivity index (χ0v) is 22.6. The number of halogens is 1. The highest BCUT2D eigenvalue weighted by atomic mass is 35.5. The van der Waals surface area contributed by atoms with E-state index >= 15 is 0 Å². The van der Waals surface area contributed by atoms with Gasteiger partial charge in [0.25, 0.3) is 0 Å². The molecule has 0 unspecified atom stereocenters. The minimum Gasteiger partial charge on any atom is -0.462 e. The fourth-order valence-corrected chi connectivity index (χ4v) is 4.99. The van der Waals surface area contributed by atoms with E-state index in [2.05, 4.69) is 0 Å². The minimum atomic E-state index is -3.86. The van der Waals surface area contributed by atoms with Gasteiger partial charge in [-0.15, -0.1) is 0 Å². The summed E-state index contributed by atoms with van der Waals surface area (Å²) in [4.78, 5) is 15.4. The Balaban J connectivity index is 2.12. The highest BCUT2D eigenvalue weighted by molar-refractivity contribution is 7.89. The van der Waals surface area contributed by atoms with Crippen molar-refractivity contribution in [3.8, 4) is 28.1 Å². The standard InChI is InChI=1S/C28H28ClN3O4S/c1-5-36-28(33)25-18(2)32(22-13-15-24(16-14-22)37(30,34)35)27(19-9-11-21(29)12-10-19)26(25)20-7-6-8-23(17-20)31(3)4/h6-17H,5H2,1-4H3,(H2,30,34,35). The number of aromatic nitrogens is 1. The molecule has 2 N–H and O–H groups in total. The number of rotatable bonds is 7. The van der Waals surface area contributed by atoms with Crippen molar-refractivity contribution in [1.82, 2.24) is 4.57 Å². The lowest BCUT2D eigenvalue weighted by atomic mass is 9.96. The van der Waals surface area contributed by atoms with Gasteiger partial charge in [-0.05, 0) is 73.5 Å². The molecule has 192 valence electrons. The third-order valence-electron chi connectivity index (χ3n) is 6.08. The Morgan fingerprint density at radius 2 is 1.65 bits per heavy atom. The van der Waals surface area contributed by atoms with Gasteiger partial charge in [-0.1, -0.05) is 35.9 Å². The molecule has 4 aromatic rings. The molecule has 0 amide bonds. The summed E-state index contributed by atoms with van der Waals surface area (Å²) in [6.45, 7) is 3.83. The van der Waals surface area contributed by atoms with Crippen molar-refractivity contribution in [2.75, 3.05) is 25.6 Å². The van der Waals surface area contributed by atoms with Crippen molar-refractivity contribution >= 4 is 33.3 Å². The maximum absolute atomic E-state index is 13.4. The van der Waals surface area contributed by atoms with Crippen LogP contribution in [0.15, 0.2) is 77.7 Å². The van der Waals surface area contributed by atoms with Crippen LogP contribution in [-0.4, -0.2) is 39.7 Å². The molecule has 0 atom stereocenters. The Morgan fingerprint density at radius 3 is 2.22 bits per heavy atom. The number of esters is 1. The predicted molar refractivity (Wildman–Crippen MR) is 148 cm³/mol. The van der Waals surface area contributed by atoms with Crippen LogP contribution in [0.25, 0.3) is 28.1 Å². The molecule has 0 aliphatic heterocycles. The van der Waals surface area contributed by atoms with Crippen molar-refractivity contribution in [1.29, 1.82) is 0 Å². The number of sulfonamides is 1. The van der Waals surface area contributed by atoms with Crippen LogP contribution in [0.3, 0.4) is 0 Å². The third kappa shape index (κ3) is 5.27. The highest BCUT2D eigenvalue weighted by Crippen LogP contribution is 2.42. The summed E-state index contributed by atoms with van der Waals surface area (Å²) in [5.41, 5.74) is 5.82. The molecule has 37 heavy (non-hydrogen) atoms. The molecule has 0 saturated heterocycles. The van der Waals surface area contributed by atoms with Gasteiger partial charge < -0.3 is 14.2 Å². The number of carbonyl (C=O) groups is 1. The van der Waals surface area contributed by atoms with Gasteiger partial charge in [0.1, 0.15) is 0 Å². The van der Waals surface area contributed by atoms with E-state index in [1.165, 1.54) is 12.1 Å². The molecule has 0 spiro atoms. The van der Waals surface area contributed by atoms with E-state index < -0.39 is 16.0 Å². The van der Waals surface area contributed by atoms with Gasteiger partial charge in [0, 0.05) is 41.8 Å². The first-order valence-corrected chi connectivity index (χ1v) is 13.5. The van der Waals surface area contributed by atoms with Crippen molar-refractivity contribution < 1.29 is 17.9 Å². The van der Waals surface area contributed by atoms with Crippen LogP contribution < -0.4 is 10.0 Å². The summed E-state index contributed by atoms with van der Waals surface area (Å²) in [5, 5.41) is 5.90. The van der Waals surface area contributed by atoms with Crippen LogP contribution >= 0.6 is 11.6 Å². The van der Waals surface area contributed by atoms with Crippen LogP contribution in [0.4, 0.5) is 5.69 Å². The van der Waals surface area contributed by atoms with Gasteiger partial charge >= 0.3 is 5.97 Å². The fraction of sp³-hybridized carbons (Fsp3) is 0.179. The molecule has 0 bridgehead atoms. The van der Waals surface area contributed by atoms with Crippen molar-refractivity contribution in [2.45, 2.75) is 18.7 Å². The maximum Gasteiger partial charge on any atom is 0.340 e. The molecule has 0 radical (unpaired) electrons. The van der Waals surface area contributed by atoms with Crippen LogP contribution in [-0.2, 0) is 14.8 Å². The van der Waals surface area contributed by atoms with Crippen molar-refractivity contribution in [3.05, 3.63) is 89.1 Å². The summed E-state index contributed by atoms with van der Waals surface area (Å²) in [5.74, 6) is -0.444. The zero-order valence-electron chi connectivity index (χ0n) is 21.0. The van der Waals surface area contributed by atoms with Crippen molar-refractivity contribution in [2.24, 2.45) is 5.14 Å². The van der Waals surface area contributed by atoms with Crippen LogP contribution in [0.5, 0.6) is 0 Å². The molecule has 4 rings (SSSR count). The summed E-state index contributed by atoms with van der Waals surface area (Å²) >= 11 is 6.20. The topological polar surface area (TPSA) is 94.6 Å². The Bertz CT molecular complexity index is 1560. The van der Waals surface area contributed by atoms with Crippen molar-refractivity contribution in [3.63, 3.8) is 0 Å². The highest BCUT2D eigenvalue weighted by Gasteiger charge is 2.29. The molecule has 0 aliphatic rings. The van der Waals surface area contributed by atoms with Gasteiger partial charge in [-0.2, -0.15) is 0 Å². The average molecular weight is 538 g/mol. The van der Waals surface area contributed by atoms with Gasteiger partial charge in [0.2, 0.25) is 10.0 Å². The van der Waals surface area contributed by atoms with E-state index in [0.29, 0.717) is 27.5 Å². The van der Waals surface area contributed by atoms with Gasteiger partial charge in [0.05, 0.1) is 22.8 Å². The Labute approximate surface area is 222 Å². The van der Waals surface area contributed by atoms with E-state index in [1.807, 2.05) is 66.9 Å². The predicted octanol–water partition coefficient (Wildman–Crippen LogP) is 5.66. The van der Waals surface area contributed by atoms with Gasteiger partial charge in [-0.3, -0.25) is 0 Å². The number of nitrogens with two attached hydrogens (primary N) is 1. The SMILES string of the molecule is CCOC(=O)c1c(-c2cccc(N(C)C)c2)c(-c2ccc(Cl)cc2)n(-c2ccc(S(N)(=O)=O)cc2)c1C. The van der Waals surface area contributed by atoms with E-state index in [9.17, 15) is 13.2 Å². The number of hydrogen-bond acceptors (Lipinski definition) is 5. The van der Waals surface area contributed by atoms with Crippen LogP contribution in [0, 0.1) is 6.92 Å². The number of nitrogens with zero attached hydrogens (tertiary/aromatic N) is 2. The molecular formula is C28H28ClN3O4S. The first kappa shape index (κ1) is 26.5. The lowest BCUT2D eigenvalue weighted by Gasteiger charge is -2.16. The molecule has 9 heteroatoms. The lowest BCUT2D eigenvalue weighted by molar-refractivity contribution is 0.0526. The monoisotopic (exact) mass is 537 g/mol. The molecular weight excluding hydrogens is 510 g/mol. The number of benzene rings is 3. The second-order valence-corrected chi connectivity index (χ2v) is 10.7. The van der Waals surface area contributed by atoms with Crippen LogP contribution in [0.2, 0.25) is 5.02 Å². The summed E-state index contributed by atoms with van der Waals surface area (Å²) in [7, 11) is 0.0454. The average Bonchev–Trinajstić information content (AvgIpc) is 3.17. The third-order valence-corrected chi connectivity index (χ3v) is 7.26. The molecule has 0 fully saturated rings. The summed E-state index contributed by atoms with van der Waals surface area (Å²) in [6, 6.07) is 21.5. The number of hydrogen-bond donors (Lipinski definition) is 1. The largest absolute Gasteiger partial charge is 0.462 e. The quantitative estimate of drug-likeness (QED) is 0.307. The molecule has 0 saturated carbocycles. The molecule has 1 aromatic heterocycles. The summed E-state index contributed by atoms with van der Waals surface area (Å²) < 4.78 is 31.1. The summed E-state index contributed by atoms with van der Waals surface area (Å²) in [6.07, 6.45) is 0. The smallest absolute Gasteiger partial charge is 0.340 e. The number of anilines is 1. The Morgan fingerprint density at radius 1 is 1.00 bits per heavy atom. The number of carbonyl (C=O) groups excluding carboxylic acids is 1. The lowest BCUT2D eigenvalue weighted by Crippen LogP contribution is -2.12.